The number of methoxy groups -OCH3 is 3. The third-order valence-electron chi connectivity index (χ3n) is 5.90. The molecule has 1 aliphatic carbocycles. The second-order valence-electron chi connectivity index (χ2n) is 8.54. The van der Waals surface area contributed by atoms with Crippen LogP contribution in [0.5, 0.6) is 17.2 Å². The fraction of sp³-hybridized carbons (Fsp3) is 0.345. The molecule has 0 bridgehead atoms. The van der Waals surface area contributed by atoms with Crippen LogP contribution in [-0.4, -0.2) is 26.8 Å². The summed E-state index contributed by atoms with van der Waals surface area (Å²) in [7, 11) is 4.94. The van der Waals surface area contributed by atoms with Gasteiger partial charge in [0.05, 0.1) is 21.3 Å². The van der Waals surface area contributed by atoms with Crippen molar-refractivity contribution in [2.45, 2.75) is 40.8 Å². The summed E-state index contributed by atoms with van der Waals surface area (Å²) in [5, 5.41) is 2.38. The van der Waals surface area contributed by atoms with Gasteiger partial charge in [-0.1, -0.05) is 32.8 Å². The zero-order valence-corrected chi connectivity index (χ0v) is 27.8. The standard InChI is InChI=1S/C18H17O3.C9H13.C2H6Si.2ClH.Zr/c1-19-13-10-16(20-2)18(17(11-13)21-3)15-9-8-12-6-4-5-7-14(12)15;1-6-5-7(2)9(4)8(6)3;1-3-2;;;/h4-11H,1-3H3;6H,1-4H3;1-2H3;2*1H;/q2*-1;;;;+2. The fourth-order valence-corrected chi connectivity index (χ4v) is 3.80. The van der Waals surface area contributed by atoms with Crippen LogP contribution in [0.1, 0.15) is 27.7 Å². The van der Waals surface area contributed by atoms with Crippen LogP contribution in [-0.2, 0) is 23.3 Å². The first-order chi connectivity index (χ1) is 16.1. The molecule has 0 N–H and O–H groups in total. The summed E-state index contributed by atoms with van der Waals surface area (Å²) in [6.07, 6.45) is 3.36. The quantitative estimate of drug-likeness (QED) is 0.215. The van der Waals surface area contributed by atoms with Gasteiger partial charge in [-0.05, 0) is 0 Å². The summed E-state index contributed by atoms with van der Waals surface area (Å²) in [6.45, 7) is 13.3. The van der Waals surface area contributed by atoms with Gasteiger partial charge in [-0.25, -0.2) is 5.57 Å². The molecule has 0 fully saturated rings. The van der Waals surface area contributed by atoms with E-state index < -0.39 is 0 Å². The fourth-order valence-electron chi connectivity index (χ4n) is 3.80. The predicted octanol–water partition coefficient (Wildman–Crippen LogP) is 8.60. The molecule has 0 saturated heterocycles. The average molecular weight is 625 g/mol. The number of rotatable bonds is 4. The van der Waals surface area contributed by atoms with E-state index >= 15 is 0 Å². The van der Waals surface area contributed by atoms with Crippen molar-refractivity contribution < 1.29 is 37.5 Å². The minimum absolute atomic E-state index is 0. The Morgan fingerprint density at radius 2 is 1.44 bits per heavy atom. The molecule has 1 atom stereocenters. The van der Waals surface area contributed by atoms with Crippen LogP contribution in [0.15, 0.2) is 65.3 Å². The number of ether oxygens (including phenoxy) is 3. The van der Waals surface area contributed by atoms with Crippen molar-refractivity contribution in [2.24, 2.45) is 5.92 Å². The molecule has 0 amide bonds. The molecule has 4 rings (SSSR count). The maximum absolute atomic E-state index is 5.54. The Morgan fingerprint density at radius 1 is 0.917 bits per heavy atom. The van der Waals surface area contributed by atoms with Gasteiger partial charge in [0.25, 0.3) is 0 Å². The molecule has 3 nitrogen and oxygen atoms in total. The minimum atomic E-state index is 0. The Morgan fingerprint density at radius 3 is 1.83 bits per heavy atom. The van der Waals surface area contributed by atoms with Crippen molar-refractivity contribution in [3.8, 4) is 28.4 Å². The maximum Gasteiger partial charge on any atom is -0.147 e. The van der Waals surface area contributed by atoms with Crippen molar-refractivity contribution in [3.63, 3.8) is 0 Å². The van der Waals surface area contributed by atoms with Gasteiger partial charge < -0.3 is 14.2 Å². The third-order valence-corrected chi connectivity index (χ3v) is 5.90. The van der Waals surface area contributed by atoms with Gasteiger partial charge in [-0.2, -0.15) is 11.1 Å². The van der Waals surface area contributed by atoms with Gasteiger partial charge in [0.1, 0.15) is 17.2 Å². The molecule has 3 aromatic rings. The zero-order valence-electron chi connectivity index (χ0n) is 22.7. The Hall–Kier alpha value is -1.39. The topological polar surface area (TPSA) is 27.7 Å². The summed E-state index contributed by atoms with van der Waals surface area (Å²) < 4.78 is 16.4. The molecule has 0 heterocycles. The predicted molar refractivity (Wildman–Crippen MR) is 157 cm³/mol. The van der Waals surface area contributed by atoms with Gasteiger partial charge in [0, 0.05) is 17.7 Å². The summed E-state index contributed by atoms with van der Waals surface area (Å²) in [6, 6.07) is 16.2. The third kappa shape index (κ3) is 8.87. The molecule has 7 heteroatoms. The van der Waals surface area contributed by atoms with E-state index in [2.05, 4.69) is 71.1 Å². The summed E-state index contributed by atoms with van der Waals surface area (Å²) in [5.41, 5.74) is 6.50. The molecule has 0 aromatic heterocycles. The van der Waals surface area contributed by atoms with Gasteiger partial charge >= 0.3 is 41.9 Å². The molecule has 0 saturated carbocycles. The van der Waals surface area contributed by atoms with Crippen LogP contribution in [0.25, 0.3) is 21.9 Å². The first-order valence-corrected chi connectivity index (χ1v) is 17.6. The number of allylic oxidation sites excluding steroid dienone is 4. The van der Waals surface area contributed by atoms with Crippen molar-refractivity contribution in [1.29, 1.82) is 0 Å². The molecule has 0 aliphatic heterocycles. The Bertz CT molecular complexity index is 1190. The molecule has 0 spiro atoms. The summed E-state index contributed by atoms with van der Waals surface area (Å²) in [4.78, 5) is 0. The van der Waals surface area contributed by atoms with Crippen LogP contribution in [0.2, 0.25) is 13.1 Å². The zero-order chi connectivity index (χ0) is 25.4. The molecule has 3 aromatic carbocycles. The molecule has 1 aliphatic rings. The molecular formula is C29H38Cl2O3SiZr. The van der Waals surface area contributed by atoms with E-state index in [1.165, 1.54) is 27.5 Å². The average Bonchev–Trinajstić information content (AvgIpc) is 3.34. The van der Waals surface area contributed by atoms with E-state index in [0.717, 1.165) is 22.6 Å². The molecule has 1 unspecified atom stereocenters. The van der Waals surface area contributed by atoms with Gasteiger partial charge in [-0.3, -0.25) is 6.08 Å². The molecule has 0 radical (unpaired) electrons. The largest absolute Gasteiger partial charge is 0.147 e. The van der Waals surface area contributed by atoms with Crippen molar-refractivity contribution in [1.82, 2.24) is 0 Å². The normalized spacial score (nSPS) is 13.8. The Labute approximate surface area is 244 Å². The second-order valence-corrected chi connectivity index (χ2v) is 17.9. The number of hydrogen-bond donors (Lipinski definition) is 0. The van der Waals surface area contributed by atoms with Crippen molar-refractivity contribution >= 4 is 41.0 Å². The van der Waals surface area contributed by atoms with Crippen molar-refractivity contribution in [3.05, 3.63) is 71.3 Å². The van der Waals surface area contributed by atoms with Crippen LogP contribution < -0.4 is 14.2 Å². The van der Waals surface area contributed by atoms with E-state index in [-0.39, 0.29) is 30.2 Å². The maximum atomic E-state index is 5.54. The minimum Gasteiger partial charge on any atom is -0.147 e. The molecular weight excluding hydrogens is 587 g/mol. The number of halogens is 2. The Kier molecular flexibility index (Phi) is 15.8. The number of fused-ring (bicyclic) bond motifs is 1. The van der Waals surface area contributed by atoms with Crippen LogP contribution >= 0.6 is 24.8 Å². The van der Waals surface area contributed by atoms with Gasteiger partial charge in [0.15, 0.2) is 0 Å². The summed E-state index contributed by atoms with van der Waals surface area (Å²) >= 11 is 1.74. The monoisotopic (exact) mass is 622 g/mol. The van der Waals surface area contributed by atoms with Crippen molar-refractivity contribution in [2.75, 3.05) is 21.3 Å². The summed E-state index contributed by atoms with van der Waals surface area (Å²) in [5.74, 6) is 2.75. The smallest absolute Gasteiger partial charge is 0.147 e. The van der Waals surface area contributed by atoms with Crippen LogP contribution in [0.4, 0.5) is 0 Å². The van der Waals surface area contributed by atoms with E-state index in [0.29, 0.717) is 11.7 Å². The van der Waals surface area contributed by atoms with E-state index in [1.807, 2.05) is 24.3 Å². The van der Waals surface area contributed by atoms with Gasteiger partial charge in [-0.15, -0.1) is 78.4 Å². The number of benzene rings is 2. The second kappa shape index (κ2) is 16.5. The van der Waals surface area contributed by atoms with Crippen LogP contribution in [0, 0.1) is 12.0 Å². The Balaban J connectivity index is 0.000000686. The number of hydrogen-bond acceptors (Lipinski definition) is 3. The SMILES string of the molecule is CC1=[C-]C(C)C(C)=C1C.COc1cc(OC)c(-c2c[cH-]c3ccccc23)c(OC)c1.C[Si](C)=[Zr+2].Cl.Cl. The van der Waals surface area contributed by atoms with Crippen LogP contribution in [0.3, 0.4) is 0 Å². The molecule has 194 valence electrons. The molecule has 36 heavy (non-hydrogen) atoms. The first-order valence-electron chi connectivity index (χ1n) is 11.4. The van der Waals surface area contributed by atoms with E-state index in [9.17, 15) is 0 Å². The van der Waals surface area contributed by atoms with Gasteiger partial charge in [0.2, 0.25) is 0 Å². The van der Waals surface area contributed by atoms with E-state index in [1.54, 1.807) is 44.7 Å². The first kappa shape index (κ1) is 34.6. The van der Waals surface area contributed by atoms with E-state index in [4.69, 9.17) is 14.2 Å².